The van der Waals surface area contributed by atoms with Crippen molar-refractivity contribution in [2.45, 2.75) is 38.8 Å². The van der Waals surface area contributed by atoms with E-state index in [-0.39, 0.29) is 12.0 Å². The van der Waals surface area contributed by atoms with Crippen LogP contribution in [0.2, 0.25) is 0 Å². The Morgan fingerprint density at radius 3 is 2.23 bits per heavy atom. The molecule has 0 saturated heterocycles. The molecule has 0 fully saturated rings. The van der Waals surface area contributed by atoms with E-state index < -0.39 is 12.0 Å². The van der Waals surface area contributed by atoms with Gasteiger partial charge in [-0.25, -0.2) is 0 Å². The minimum atomic E-state index is -4.70. The molecule has 0 saturated carbocycles. The van der Waals surface area contributed by atoms with E-state index in [0.717, 1.165) is 6.42 Å². The van der Waals surface area contributed by atoms with Gasteiger partial charge >= 0.3 is 6.18 Å². The van der Waals surface area contributed by atoms with Crippen LogP contribution in [0.15, 0.2) is 11.1 Å². The van der Waals surface area contributed by atoms with Crippen LogP contribution in [0.1, 0.15) is 32.6 Å². The highest BCUT2D eigenvalue weighted by Gasteiger charge is 2.41. The maximum absolute atomic E-state index is 12.0. The summed E-state index contributed by atoms with van der Waals surface area (Å²) in [6.07, 6.45) is -2.22. The lowest BCUT2D eigenvalue weighted by Gasteiger charge is -2.17. The van der Waals surface area contributed by atoms with Gasteiger partial charge < -0.3 is 0 Å². The molecule has 0 spiro atoms. The van der Waals surface area contributed by atoms with Crippen molar-refractivity contribution in [3.05, 3.63) is 11.1 Å². The molecule has 1 rings (SSSR count). The second kappa shape index (κ2) is 3.52. The minimum absolute atomic E-state index is 0.0150. The number of hydrogen-bond donors (Lipinski definition) is 0. The van der Waals surface area contributed by atoms with Crippen molar-refractivity contribution < 1.29 is 18.0 Å². The Hall–Kier alpha value is -0.800. The van der Waals surface area contributed by atoms with Crippen molar-refractivity contribution >= 4 is 5.78 Å². The first kappa shape index (κ1) is 10.3. The number of hydrogen-bond acceptors (Lipinski definition) is 1. The van der Waals surface area contributed by atoms with E-state index in [4.69, 9.17) is 0 Å². The van der Waals surface area contributed by atoms with Crippen LogP contribution in [-0.4, -0.2) is 12.0 Å². The van der Waals surface area contributed by atoms with Gasteiger partial charge in [-0.2, -0.15) is 13.2 Å². The fraction of sp³-hybridized carbons (Fsp3) is 0.667. The summed E-state index contributed by atoms with van der Waals surface area (Å²) in [6, 6.07) is 0. The van der Waals surface area contributed by atoms with E-state index in [1.165, 1.54) is 0 Å². The zero-order valence-corrected chi connectivity index (χ0v) is 7.37. The Morgan fingerprint density at radius 1 is 1.23 bits per heavy atom. The average Bonchev–Trinajstić information content (AvgIpc) is 2.02. The number of alkyl halides is 3. The largest absolute Gasteiger partial charge is 0.454 e. The van der Waals surface area contributed by atoms with E-state index in [0.29, 0.717) is 18.4 Å². The van der Waals surface area contributed by atoms with Crippen molar-refractivity contribution in [3.63, 3.8) is 0 Å². The highest BCUT2D eigenvalue weighted by molar-refractivity contribution is 6.00. The molecule has 0 aromatic heterocycles. The SMILES string of the molecule is CC1=C(C(=O)C(F)(F)F)CCCC1. The maximum atomic E-state index is 12.0. The molecule has 0 N–H and O–H groups in total. The van der Waals surface area contributed by atoms with E-state index >= 15 is 0 Å². The maximum Gasteiger partial charge on any atom is 0.454 e. The minimum Gasteiger partial charge on any atom is -0.284 e. The van der Waals surface area contributed by atoms with Crippen molar-refractivity contribution in [3.8, 4) is 0 Å². The lowest BCUT2D eigenvalue weighted by atomic mass is 9.90. The van der Waals surface area contributed by atoms with Gasteiger partial charge in [0.1, 0.15) is 0 Å². The van der Waals surface area contributed by atoms with Gasteiger partial charge in [-0.1, -0.05) is 5.57 Å². The van der Waals surface area contributed by atoms with Crippen LogP contribution in [0.25, 0.3) is 0 Å². The molecule has 0 unspecified atom stereocenters. The summed E-state index contributed by atoms with van der Waals surface area (Å²) < 4.78 is 36.1. The molecule has 4 heteroatoms. The average molecular weight is 192 g/mol. The van der Waals surface area contributed by atoms with E-state index in [9.17, 15) is 18.0 Å². The van der Waals surface area contributed by atoms with Crippen LogP contribution in [0.5, 0.6) is 0 Å². The van der Waals surface area contributed by atoms with Crippen LogP contribution in [0.3, 0.4) is 0 Å². The monoisotopic (exact) mass is 192 g/mol. The molecule has 1 nitrogen and oxygen atoms in total. The molecule has 1 aliphatic carbocycles. The summed E-state index contributed by atoms with van der Waals surface area (Å²) >= 11 is 0. The van der Waals surface area contributed by atoms with Crippen molar-refractivity contribution in [1.29, 1.82) is 0 Å². The zero-order chi connectivity index (χ0) is 10.1. The van der Waals surface area contributed by atoms with Gasteiger partial charge in [0.25, 0.3) is 5.78 Å². The molecular weight excluding hydrogens is 181 g/mol. The molecule has 0 amide bonds. The van der Waals surface area contributed by atoms with E-state index in [1.807, 2.05) is 0 Å². The smallest absolute Gasteiger partial charge is 0.284 e. The quantitative estimate of drug-likeness (QED) is 0.624. The number of carbonyl (C=O) groups excluding carboxylic acids is 1. The van der Waals surface area contributed by atoms with Gasteiger partial charge in [-0.05, 0) is 32.6 Å². The molecule has 0 aromatic rings. The Morgan fingerprint density at radius 2 is 1.77 bits per heavy atom. The highest BCUT2D eigenvalue weighted by Crippen LogP contribution is 2.30. The van der Waals surface area contributed by atoms with Crippen LogP contribution in [0, 0.1) is 0 Å². The standard InChI is InChI=1S/C9H11F3O/c1-6-4-2-3-5-7(6)8(13)9(10,11)12/h2-5H2,1H3. The van der Waals surface area contributed by atoms with Crippen LogP contribution in [-0.2, 0) is 4.79 Å². The summed E-state index contributed by atoms with van der Waals surface area (Å²) in [5, 5.41) is 0. The molecule has 74 valence electrons. The van der Waals surface area contributed by atoms with Gasteiger partial charge in [0.2, 0.25) is 0 Å². The van der Waals surface area contributed by atoms with Gasteiger partial charge in [0.05, 0.1) is 0 Å². The zero-order valence-electron chi connectivity index (χ0n) is 7.37. The second-order valence-corrected chi connectivity index (χ2v) is 3.29. The van der Waals surface area contributed by atoms with Crippen LogP contribution in [0.4, 0.5) is 13.2 Å². The molecule has 0 radical (unpaired) electrons. The normalized spacial score (nSPS) is 19.1. The van der Waals surface area contributed by atoms with Gasteiger partial charge in [0.15, 0.2) is 0 Å². The van der Waals surface area contributed by atoms with Crippen LogP contribution >= 0.6 is 0 Å². The summed E-state index contributed by atoms with van der Waals surface area (Å²) in [4.78, 5) is 10.8. The molecular formula is C9H11F3O. The fourth-order valence-corrected chi connectivity index (χ4v) is 1.53. The molecule has 0 bridgehead atoms. The lowest BCUT2D eigenvalue weighted by molar-refractivity contribution is -0.166. The second-order valence-electron chi connectivity index (χ2n) is 3.29. The third-order valence-corrected chi connectivity index (χ3v) is 2.28. The first-order chi connectivity index (χ1) is 5.93. The third kappa shape index (κ3) is 2.32. The van der Waals surface area contributed by atoms with Crippen molar-refractivity contribution in [2.75, 3.05) is 0 Å². The third-order valence-electron chi connectivity index (χ3n) is 2.28. The van der Waals surface area contributed by atoms with Gasteiger partial charge in [-0.15, -0.1) is 0 Å². The molecule has 0 atom stereocenters. The Labute approximate surface area is 74.6 Å². The fourth-order valence-electron chi connectivity index (χ4n) is 1.53. The first-order valence-electron chi connectivity index (χ1n) is 4.23. The topological polar surface area (TPSA) is 17.1 Å². The van der Waals surface area contributed by atoms with E-state index in [1.54, 1.807) is 6.92 Å². The van der Waals surface area contributed by atoms with E-state index in [2.05, 4.69) is 0 Å². The molecule has 0 heterocycles. The number of rotatable bonds is 1. The highest BCUT2D eigenvalue weighted by atomic mass is 19.4. The number of allylic oxidation sites excluding steroid dienone is 2. The number of carbonyl (C=O) groups is 1. The Bertz CT molecular complexity index is 250. The summed E-state index contributed by atoms with van der Waals surface area (Å²) in [6.45, 7) is 1.61. The Balaban J connectivity index is 2.87. The lowest BCUT2D eigenvalue weighted by Crippen LogP contribution is -2.26. The van der Waals surface area contributed by atoms with Gasteiger partial charge in [-0.3, -0.25) is 4.79 Å². The summed E-state index contributed by atoms with van der Waals surface area (Å²) in [5.41, 5.74) is 0.590. The van der Waals surface area contributed by atoms with Crippen molar-refractivity contribution in [2.24, 2.45) is 0 Å². The number of ketones is 1. The molecule has 0 aromatic carbocycles. The summed E-state index contributed by atoms with van der Waals surface area (Å²) in [7, 11) is 0. The molecule has 1 aliphatic rings. The van der Waals surface area contributed by atoms with Crippen LogP contribution < -0.4 is 0 Å². The van der Waals surface area contributed by atoms with Gasteiger partial charge in [0, 0.05) is 5.57 Å². The summed E-state index contributed by atoms with van der Waals surface area (Å²) in [5.74, 6) is -1.65. The number of halogens is 3. The predicted molar refractivity (Wildman–Crippen MR) is 42.2 cm³/mol. The predicted octanol–water partition coefficient (Wildman–Crippen LogP) is 3.01. The molecule has 0 aliphatic heterocycles. The molecule has 13 heavy (non-hydrogen) atoms. The number of Topliss-reactive ketones (excluding diaryl/α,β-unsaturated/α-hetero) is 1. The Kier molecular flexibility index (Phi) is 2.78. The first-order valence-corrected chi connectivity index (χ1v) is 4.23. The van der Waals surface area contributed by atoms with Crippen molar-refractivity contribution in [1.82, 2.24) is 0 Å².